The van der Waals surface area contributed by atoms with Gasteiger partial charge in [-0.15, -0.1) is 0 Å². The molecule has 1 aliphatic rings. The Hall–Kier alpha value is -1.55. The van der Waals surface area contributed by atoms with Crippen molar-refractivity contribution in [1.29, 1.82) is 0 Å². The highest BCUT2D eigenvalue weighted by Crippen LogP contribution is 2.34. The normalized spacial score (nSPS) is 18.0. The van der Waals surface area contributed by atoms with Gasteiger partial charge in [-0.25, -0.2) is 0 Å². The SMILES string of the molecule is CCC1(C(=O)Nc2ccc(O)c(C)c2)CCNCC1. The number of hydrogen-bond acceptors (Lipinski definition) is 3. The highest BCUT2D eigenvalue weighted by molar-refractivity contribution is 5.95. The average molecular weight is 262 g/mol. The number of hydrogen-bond donors (Lipinski definition) is 3. The Morgan fingerprint density at radius 2 is 2.11 bits per heavy atom. The van der Waals surface area contributed by atoms with Gasteiger partial charge in [-0.2, -0.15) is 0 Å². The molecule has 1 aromatic rings. The molecule has 0 spiro atoms. The maximum atomic E-state index is 12.5. The van der Waals surface area contributed by atoms with Crippen LogP contribution in [0.25, 0.3) is 0 Å². The van der Waals surface area contributed by atoms with E-state index in [9.17, 15) is 9.90 Å². The van der Waals surface area contributed by atoms with Gasteiger partial charge >= 0.3 is 0 Å². The molecule has 2 rings (SSSR count). The molecule has 0 saturated carbocycles. The Balaban J connectivity index is 2.12. The molecule has 0 aromatic heterocycles. The second-order valence-corrected chi connectivity index (χ2v) is 5.34. The van der Waals surface area contributed by atoms with Crippen LogP contribution in [-0.4, -0.2) is 24.1 Å². The minimum Gasteiger partial charge on any atom is -0.508 e. The van der Waals surface area contributed by atoms with Crippen molar-refractivity contribution >= 4 is 11.6 Å². The first kappa shape index (κ1) is 13.9. The zero-order valence-corrected chi connectivity index (χ0v) is 11.6. The van der Waals surface area contributed by atoms with E-state index in [0.29, 0.717) is 0 Å². The molecular weight excluding hydrogens is 240 g/mol. The quantitative estimate of drug-likeness (QED) is 0.733. The molecule has 19 heavy (non-hydrogen) atoms. The van der Waals surface area contributed by atoms with Gasteiger partial charge in [0, 0.05) is 5.69 Å². The number of nitrogens with one attached hydrogen (secondary N) is 2. The van der Waals surface area contributed by atoms with Crippen LogP contribution < -0.4 is 10.6 Å². The summed E-state index contributed by atoms with van der Waals surface area (Å²) in [5.41, 5.74) is 1.28. The van der Waals surface area contributed by atoms with Gasteiger partial charge in [-0.05, 0) is 63.0 Å². The lowest BCUT2D eigenvalue weighted by Crippen LogP contribution is -2.44. The number of phenolic OH excluding ortho intramolecular Hbond substituents is 1. The number of carbonyl (C=O) groups excluding carboxylic acids is 1. The van der Waals surface area contributed by atoms with E-state index >= 15 is 0 Å². The summed E-state index contributed by atoms with van der Waals surface area (Å²) in [6.45, 7) is 5.70. The topological polar surface area (TPSA) is 61.4 Å². The number of phenols is 1. The van der Waals surface area contributed by atoms with Gasteiger partial charge in [0.15, 0.2) is 0 Å². The summed E-state index contributed by atoms with van der Waals surface area (Å²) in [6.07, 6.45) is 2.62. The summed E-state index contributed by atoms with van der Waals surface area (Å²) < 4.78 is 0. The number of piperidine rings is 1. The molecule has 1 aromatic carbocycles. The summed E-state index contributed by atoms with van der Waals surface area (Å²) in [7, 11) is 0. The third-order valence-corrected chi connectivity index (χ3v) is 4.17. The minimum absolute atomic E-state index is 0.0987. The molecule has 1 heterocycles. The van der Waals surface area contributed by atoms with E-state index in [0.717, 1.165) is 43.6 Å². The zero-order chi connectivity index (χ0) is 13.9. The number of rotatable bonds is 3. The summed E-state index contributed by atoms with van der Waals surface area (Å²) in [5, 5.41) is 15.8. The molecule has 0 unspecified atom stereocenters. The summed E-state index contributed by atoms with van der Waals surface area (Å²) in [5.74, 6) is 0.353. The molecule has 0 aliphatic carbocycles. The van der Waals surface area contributed by atoms with Gasteiger partial charge < -0.3 is 15.7 Å². The molecule has 104 valence electrons. The molecule has 1 aliphatic heterocycles. The van der Waals surface area contributed by atoms with Crippen LogP contribution in [0.15, 0.2) is 18.2 Å². The highest BCUT2D eigenvalue weighted by Gasteiger charge is 2.37. The van der Waals surface area contributed by atoms with Crippen LogP contribution in [0.1, 0.15) is 31.7 Å². The fourth-order valence-electron chi connectivity index (χ4n) is 2.64. The van der Waals surface area contributed by atoms with Crippen molar-refractivity contribution in [2.75, 3.05) is 18.4 Å². The van der Waals surface area contributed by atoms with Gasteiger partial charge in [0.2, 0.25) is 5.91 Å². The van der Waals surface area contributed by atoms with Crippen LogP contribution in [0.3, 0.4) is 0 Å². The van der Waals surface area contributed by atoms with E-state index in [1.807, 2.05) is 6.92 Å². The van der Waals surface area contributed by atoms with E-state index < -0.39 is 0 Å². The van der Waals surface area contributed by atoms with Crippen molar-refractivity contribution in [2.45, 2.75) is 33.1 Å². The van der Waals surface area contributed by atoms with Crippen molar-refractivity contribution in [3.8, 4) is 5.75 Å². The van der Waals surface area contributed by atoms with Crippen LogP contribution in [-0.2, 0) is 4.79 Å². The maximum Gasteiger partial charge on any atom is 0.230 e. The molecule has 4 nitrogen and oxygen atoms in total. The average Bonchev–Trinajstić information content (AvgIpc) is 2.43. The molecule has 0 bridgehead atoms. The molecule has 1 amide bonds. The van der Waals surface area contributed by atoms with Crippen LogP contribution in [0.2, 0.25) is 0 Å². The molecule has 1 fully saturated rings. The predicted octanol–water partition coefficient (Wildman–Crippen LogP) is 2.42. The van der Waals surface area contributed by atoms with E-state index in [2.05, 4.69) is 17.6 Å². The van der Waals surface area contributed by atoms with Crippen molar-refractivity contribution < 1.29 is 9.90 Å². The van der Waals surface area contributed by atoms with Crippen molar-refractivity contribution in [3.63, 3.8) is 0 Å². The molecule has 3 N–H and O–H groups in total. The second kappa shape index (κ2) is 5.61. The molecule has 4 heteroatoms. The molecule has 0 radical (unpaired) electrons. The van der Waals surface area contributed by atoms with Crippen LogP contribution >= 0.6 is 0 Å². The number of carbonyl (C=O) groups is 1. The monoisotopic (exact) mass is 262 g/mol. The molecular formula is C15H22N2O2. The smallest absolute Gasteiger partial charge is 0.230 e. The van der Waals surface area contributed by atoms with Crippen LogP contribution in [0.4, 0.5) is 5.69 Å². The van der Waals surface area contributed by atoms with Crippen LogP contribution in [0.5, 0.6) is 5.75 Å². The third kappa shape index (κ3) is 2.89. The lowest BCUT2D eigenvalue weighted by molar-refractivity contribution is -0.127. The second-order valence-electron chi connectivity index (χ2n) is 5.34. The van der Waals surface area contributed by atoms with E-state index in [-0.39, 0.29) is 17.1 Å². The number of benzene rings is 1. The largest absolute Gasteiger partial charge is 0.508 e. The zero-order valence-electron chi connectivity index (χ0n) is 11.6. The van der Waals surface area contributed by atoms with Crippen LogP contribution in [0, 0.1) is 12.3 Å². The number of anilines is 1. The first-order chi connectivity index (χ1) is 9.07. The summed E-state index contributed by atoms with van der Waals surface area (Å²) in [4.78, 5) is 12.5. The maximum absolute atomic E-state index is 12.5. The molecule has 0 atom stereocenters. The Kier molecular flexibility index (Phi) is 4.10. The minimum atomic E-state index is -0.253. The van der Waals surface area contributed by atoms with Crippen molar-refractivity contribution in [1.82, 2.24) is 5.32 Å². The highest BCUT2D eigenvalue weighted by atomic mass is 16.3. The van der Waals surface area contributed by atoms with Gasteiger partial charge in [-0.3, -0.25) is 4.79 Å². The molecule has 1 saturated heterocycles. The van der Waals surface area contributed by atoms with E-state index in [1.54, 1.807) is 18.2 Å². The Labute approximate surface area is 114 Å². The Bertz CT molecular complexity index is 465. The first-order valence-electron chi connectivity index (χ1n) is 6.89. The first-order valence-corrected chi connectivity index (χ1v) is 6.89. The predicted molar refractivity (Wildman–Crippen MR) is 76.3 cm³/mol. The van der Waals surface area contributed by atoms with E-state index in [1.165, 1.54) is 0 Å². The van der Waals surface area contributed by atoms with Gasteiger partial charge in [0.25, 0.3) is 0 Å². The number of aryl methyl sites for hydroxylation is 1. The number of amides is 1. The lowest BCUT2D eigenvalue weighted by atomic mass is 9.76. The fraction of sp³-hybridized carbons (Fsp3) is 0.533. The fourth-order valence-corrected chi connectivity index (χ4v) is 2.64. The summed E-state index contributed by atoms with van der Waals surface area (Å²) in [6, 6.07) is 5.16. The standard InChI is InChI=1S/C15H22N2O2/c1-3-15(6-8-16-9-7-15)14(19)17-12-4-5-13(18)11(2)10-12/h4-5,10,16,18H,3,6-9H2,1-2H3,(H,17,19). The van der Waals surface area contributed by atoms with E-state index in [4.69, 9.17) is 0 Å². The number of aromatic hydroxyl groups is 1. The summed E-state index contributed by atoms with van der Waals surface area (Å²) >= 11 is 0. The van der Waals surface area contributed by atoms with Gasteiger partial charge in [-0.1, -0.05) is 6.92 Å². The third-order valence-electron chi connectivity index (χ3n) is 4.17. The Morgan fingerprint density at radius 1 is 1.42 bits per heavy atom. The van der Waals surface area contributed by atoms with Crippen molar-refractivity contribution in [3.05, 3.63) is 23.8 Å². The Morgan fingerprint density at radius 3 is 2.68 bits per heavy atom. The van der Waals surface area contributed by atoms with Gasteiger partial charge in [0.1, 0.15) is 5.75 Å². The van der Waals surface area contributed by atoms with Gasteiger partial charge in [0.05, 0.1) is 5.41 Å². The van der Waals surface area contributed by atoms with Crippen molar-refractivity contribution in [2.24, 2.45) is 5.41 Å². The lowest BCUT2D eigenvalue weighted by Gasteiger charge is -2.35.